The van der Waals surface area contributed by atoms with Crippen molar-refractivity contribution in [2.75, 3.05) is 17.6 Å². The summed E-state index contributed by atoms with van der Waals surface area (Å²) in [5.74, 6) is 0.370. The van der Waals surface area contributed by atoms with Crippen molar-refractivity contribution in [2.24, 2.45) is 0 Å². The molecule has 1 aromatic heterocycles. The molecule has 6 heteroatoms. The number of rotatable bonds is 3. The lowest BCUT2D eigenvalue weighted by Crippen LogP contribution is -2.11. The second-order valence-electron chi connectivity index (χ2n) is 2.37. The number of halogens is 3. The van der Waals surface area contributed by atoms with Crippen molar-refractivity contribution in [1.82, 2.24) is 4.98 Å². The third kappa shape index (κ3) is 3.14. The van der Waals surface area contributed by atoms with Crippen LogP contribution in [0, 0.1) is 0 Å². The van der Waals surface area contributed by atoms with Crippen molar-refractivity contribution in [3.8, 4) is 0 Å². The van der Waals surface area contributed by atoms with Crippen molar-refractivity contribution in [3.05, 3.63) is 16.7 Å². The van der Waals surface area contributed by atoms with Crippen molar-refractivity contribution in [3.63, 3.8) is 0 Å². The highest BCUT2D eigenvalue weighted by molar-refractivity contribution is 9.10. The van der Waals surface area contributed by atoms with Gasteiger partial charge in [0.1, 0.15) is 5.82 Å². The lowest BCUT2D eigenvalue weighted by Gasteiger charge is -2.06. The van der Waals surface area contributed by atoms with Crippen LogP contribution in [0.3, 0.4) is 0 Å². The number of nitrogens with zero attached hydrogens (tertiary/aromatic N) is 1. The van der Waals surface area contributed by atoms with Gasteiger partial charge in [0.05, 0.1) is 22.9 Å². The van der Waals surface area contributed by atoms with E-state index >= 15 is 0 Å². The molecule has 0 aromatic carbocycles. The number of hydrogen-bond donors (Lipinski definition) is 2. The molecule has 0 fully saturated rings. The van der Waals surface area contributed by atoms with Gasteiger partial charge in [-0.15, -0.1) is 0 Å². The van der Waals surface area contributed by atoms with Crippen LogP contribution >= 0.6 is 15.9 Å². The summed E-state index contributed by atoms with van der Waals surface area (Å²) >= 11 is 3.15. The molecule has 0 saturated heterocycles. The largest absolute Gasteiger partial charge is 0.397 e. The van der Waals surface area contributed by atoms with E-state index in [0.29, 0.717) is 16.0 Å². The van der Waals surface area contributed by atoms with Gasteiger partial charge in [0.2, 0.25) is 0 Å². The van der Waals surface area contributed by atoms with Crippen LogP contribution in [0.4, 0.5) is 20.3 Å². The molecule has 0 atom stereocenters. The van der Waals surface area contributed by atoms with Gasteiger partial charge in [-0.05, 0) is 22.0 Å². The van der Waals surface area contributed by atoms with Gasteiger partial charge in [0.25, 0.3) is 6.43 Å². The van der Waals surface area contributed by atoms with E-state index in [9.17, 15) is 8.78 Å². The Bertz CT molecular complexity index is 293. The summed E-state index contributed by atoms with van der Waals surface area (Å²) < 4.78 is 24.2. The summed E-state index contributed by atoms with van der Waals surface area (Å²) in [7, 11) is 0. The monoisotopic (exact) mass is 251 g/mol. The molecule has 0 aliphatic carbocycles. The number of hydrogen-bond acceptors (Lipinski definition) is 3. The quantitative estimate of drug-likeness (QED) is 0.866. The molecule has 1 rings (SSSR count). The van der Waals surface area contributed by atoms with E-state index < -0.39 is 13.0 Å². The Kier molecular flexibility index (Phi) is 3.41. The highest BCUT2D eigenvalue weighted by Gasteiger charge is 2.05. The number of anilines is 2. The van der Waals surface area contributed by atoms with Gasteiger partial charge in [-0.3, -0.25) is 0 Å². The average molecular weight is 252 g/mol. The van der Waals surface area contributed by atoms with Gasteiger partial charge in [0, 0.05) is 0 Å². The highest BCUT2D eigenvalue weighted by atomic mass is 79.9. The third-order valence-electron chi connectivity index (χ3n) is 1.29. The minimum atomic E-state index is -2.40. The Balaban J connectivity index is 2.67. The van der Waals surface area contributed by atoms with Crippen LogP contribution in [0.25, 0.3) is 0 Å². The maximum atomic E-state index is 11.8. The molecule has 0 radical (unpaired) electrons. The summed E-state index contributed by atoms with van der Waals surface area (Å²) in [5.41, 5.74) is 5.90. The SMILES string of the molecule is Nc1cnc(NCC(F)F)c(Br)c1. The van der Waals surface area contributed by atoms with Crippen molar-refractivity contribution < 1.29 is 8.78 Å². The number of nitrogens with two attached hydrogens (primary N) is 1. The first kappa shape index (κ1) is 10.2. The molecule has 3 nitrogen and oxygen atoms in total. The lowest BCUT2D eigenvalue weighted by molar-refractivity contribution is 0.163. The van der Waals surface area contributed by atoms with Crippen molar-refractivity contribution in [1.29, 1.82) is 0 Å². The molecule has 1 aromatic rings. The first-order valence-corrected chi connectivity index (χ1v) is 4.32. The molecule has 0 aliphatic heterocycles. The zero-order chi connectivity index (χ0) is 9.84. The number of alkyl halides is 2. The summed E-state index contributed by atoms with van der Waals surface area (Å²) in [6.07, 6.45) is -0.996. The smallest absolute Gasteiger partial charge is 0.255 e. The molecule has 72 valence electrons. The fourth-order valence-corrected chi connectivity index (χ4v) is 1.26. The van der Waals surface area contributed by atoms with Crippen LogP contribution in [0.15, 0.2) is 16.7 Å². The first-order chi connectivity index (χ1) is 6.09. The van der Waals surface area contributed by atoms with E-state index in [2.05, 4.69) is 26.2 Å². The van der Waals surface area contributed by atoms with E-state index in [-0.39, 0.29) is 0 Å². The number of nitrogen functional groups attached to an aromatic ring is 1. The summed E-state index contributed by atoms with van der Waals surface area (Å²) in [6, 6.07) is 1.60. The summed E-state index contributed by atoms with van der Waals surface area (Å²) in [4.78, 5) is 3.83. The molecule has 0 aliphatic rings. The summed E-state index contributed by atoms with van der Waals surface area (Å²) in [5, 5.41) is 2.48. The van der Waals surface area contributed by atoms with Crippen LogP contribution in [0.2, 0.25) is 0 Å². The minimum Gasteiger partial charge on any atom is -0.397 e. The lowest BCUT2D eigenvalue weighted by atomic mass is 10.4. The Morgan fingerprint density at radius 3 is 2.85 bits per heavy atom. The average Bonchev–Trinajstić information content (AvgIpc) is 2.02. The predicted octanol–water partition coefficient (Wildman–Crippen LogP) is 2.10. The fraction of sp³-hybridized carbons (Fsp3) is 0.286. The van der Waals surface area contributed by atoms with Gasteiger partial charge in [0.15, 0.2) is 0 Å². The fourth-order valence-electron chi connectivity index (χ4n) is 0.757. The van der Waals surface area contributed by atoms with Crippen LogP contribution < -0.4 is 11.1 Å². The van der Waals surface area contributed by atoms with E-state index in [1.54, 1.807) is 6.07 Å². The Morgan fingerprint density at radius 1 is 1.62 bits per heavy atom. The van der Waals surface area contributed by atoms with Crippen molar-refractivity contribution in [2.45, 2.75) is 6.43 Å². The van der Waals surface area contributed by atoms with Crippen LogP contribution in [0.1, 0.15) is 0 Å². The van der Waals surface area contributed by atoms with E-state index in [4.69, 9.17) is 5.73 Å². The number of pyridine rings is 1. The number of aromatic nitrogens is 1. The van der Waals surface area contributed by atoms with Gasteiger partial charge in [-0.25, -0.2) is 13.8 Å². The van der Waals surface area contributed by atoms with Crippen LogP contribution in [0.5, 0.6) is 0 Å². The zero-order valence-electron chi connectivity index (χ0n) is 6.60. The molecule has 0 amide bonds. The highest BCUT2D eigenvalue weighted by Crippen LogP contribution is 2.21. The normalized spacial score (nSPS) is 10.5. The summed E-state index contributed by atoms with van der Waals surface area (Å²) in [6.45, 7) is -0.421. The second kappa shape index (κ2) is 4.36. The molecule has 1 heterocycles. The van der Waals surface area contributed by atoms with Crippen LogP contribution in [-0.2, 0) is 0 Å². The van der Waals surface area contributed by atoms with Gasteiger partial charge in [-0.2, -0.15) is 0 Å². The molecular formula is C7H8BrF2N3. The van der Waals surface area contributed by atoms with Crippen LogP contribution in [-0.4, -0.2) is 18.0 Å². The Morgan fingerprint density at radius 2 is 2.31 bits per heavy atom. The first-order valence-electron chi connectivity index (χ1n) is 3.52. The Hall–Kier alpha value is -0.910. The standard InChI is InChI=1S/C7H8BrF2N3/c8-5-1-4(11)2-12-7(5)13-3-6(9)10/h1-2,6H,3,11H2,(H,12,13). The molecule has 0 spiro atoms. The van der Waals surface area contributed by atoms with Gasteiger partial charge in [-0.1, -0.05) is 0 Å². The van der Waals surface area contributed by atoms with E-state index in [1.807, 2.05) is 0 Å². The molecule has 0 saturated carbocycles. The van der Waals surface area contributed by atoms with E-state index in [0.717, 1.165) is 0 Å². The van der Waals surface area contributed by atoms with Gasteiger partial charge < -0.3 is 11.1 Å². The second-order valence-corrected chi connectivity index (χ2v) is 3.23. The Labute approximate surface area is 82.5 Å². The minimum absolute atomic E-state index is 0.370. The zero-order valence-corrected chi connectivity index (χ0v) is 8.18. The maximum Gasteiger partial charge on any atom is 0.255 e. The number of nitrogens with one attached hydrogen (secondary N) is 1. The maximum absolute atomic E-state index is 11.8. The van der Waals surface area contributed by atoms with Crippen molar-refractivity contribution >= 4 is 27.4 Å². The molecule has 0 unspecified atom stereocenters. The topological polar surface area (TPSA) is 50.9 Å². The molecule has 3 N–H and O–H groups in total. The van der Waals surface area contributed by atoms with Gasteiger partial charge >= 0.3 is 0 Å². The molecule has 13 heavy (non-hydrogen) atoms. The molecule has 0 bridgehead atoms. The van der Waals surface area contributed by atoms with E-state index in [1.165, 1.54) is 6.20 Å². The molecular weight excluding hydrogens is 244 g/mol. The third-order valence-corrected chi connectivity index (χ3v) is 1.89. The predicted molar refractivity (Wildman–Crippen MR) is 50.8 cm³/mol.